The Balaban J connectivity index is 2.57. The van der Waals surface area contributed by atoms with Crippen LogP contribution in [0.3, 0.4) is 0 Å². The van der Waals surface area contributed by atoms with Gasteiger partial charge in [-0.05, 0) is 31.0 Å². The molecule has 20 heavy (non-hydrogen) atoms. The molecule has 4 nitrogen and oxygen atoms in total. The maximum atomic E-state index is 11.8. The number of aliphatic hydroxyl groups excluding tert-OH is 1. The van der Waals surface area contributed by atoms with E-state index >= 15 is 0 Å². The van der Waals surface area contributed by atoms with Crippen LogP contribution in [0.1, 0.15) is 26.7 Å². The number of nitrogens with one attached hydrogen (secondary N) is 2. The molecule has 3 N–H and O–H groups in total. The van der Waals surface area contributed by atoms with Gasteiger partial charge in [0.25, 0.3) is 0 Å². The van der Waals surface area contributed by atoms with Crippen molar-refractivity contribution in [2.45, 2.75) is 26.7 Å². The summed E-state index contributed by atoms with van der Waals surface area (Å²) in [5, 5.41) is 15.7. The molecule has 0 radical (unpaired) electrons. The van der Waals surface area contributed by atoms with Gasteiger partial charge in [0.1, 0.15) is 0 Å². The van der Waals surface area contributed by atoms with Crippen LogP contribution in [-0.4, -0.2) is 24.3 Å². The molecule has 0 saturated heterocycles. The monoisotopic (exact) mass is 318 g/mol. The first-order chi connectivity index (χ1) is 9.46. The van der Waals surface area contributed by atoms with Crippen LogP contribution < -0.4 is 10.6 Å². The lowest BCUT2D eigenvalue weighted by molar-refractivity contribution is 0.116. The fourth-order valence-corrected chi connectivity index (χ4v) is 2.09. The van der Waals surface area contributed by atoms with Crippen LogP contribution in [-0.2, 0) is 0 Å². The van der Waals surface area contributed by atoms with Gasteiger partial charge in [0.05, 0.1) is 16.7 Å². The number of hydrogen-bond donors (Lipinski definition) is 3. The predicted molar refractivity (Wildman–Crippen MR) is 83.6 cm³/mol. The molecular formula is C14H20Cl2N2O2. The van der Waals surface area contributed by atoms with Gasteiger partial charge in [0.15, 0.2) is 0 Å². The van der Waals surface area contributed by atoms with E-state index in [0.29, 0.717) is 22.3 Å². The highest BCUT2D eigenvalue weighted by atomic mass is 35.5. The summed E-state index contributed by atoms with van der Waals surface area (Å²) >= 11 is 11.7. The number of carbonyl (C=O) groups excluding carboxylic acids is 1. The third kappa shape index (κ3) is 4.54. The molecule has 0 bridgehead atoms. The van der Waals surface area contributed by atoms with E-state index in [-0.39, 0.29) is 18.1 Å². The van der Waals surface area contributed by atoms with Crippen LogP contribution in [0.15, 0.2) is 18.2 Å². The molecule has 0 saturated carbocycles. The van der Waals surface area contributed by atoms with E-state index in [2.05, 4.69) is 10.6 Å². The van der Waals surface area contributed by atoms with Crippen LogP contribution >= 0.6 is 23.2 Å². The molecular weight excluding hydrogens is 299 g/mol. The average molecular weight is 319 g/mol. The van der Waals surface area contributed by atoms with Crippen molar-refractivity contribution in [2.75, 3.05) is 18.5 Å². The second kappa shape index (κ2) is 7.72. The van der Waals surface area contributed by atoms with E-state index in [1.54, 1.807) is 18.2 Å². The number of hydrogen-bond acceptors (Lipinski definition) is 2. The lowest BCUT2D eigenvalue weighted by Crippen LogP contribution is -2.41. The third-order valence-electron chi connectivity index (χ3n) is 3.64. The lowest BCUT2D eigenvalue weighted by atomic mass is 9.83. The van der Waals surface area contributed by atoms with Gasteiger partial charge in [-0.2, -0.15) is 0 Å². The number of anilines is 1. The molecule has 0 aliphatic rings. The molecule has 0 aliphatic heterocycles. The van der Waals surface area contributed by atoms with Crippen molar-refractivity contribution in [1.29, 1.82) is 0 Å². The van der Waals surface area contributed by atoms with Gasteiger partial charge in [-0.15, -0.1) is 0 Å². The minimum absolute atomic E-state index is 0.0487. The number of rotatable bonds is 6. The largest absolute Gasteiger partial charge is 0.396 e. The van der Waals surface area contributed by atoms with Gasteiger partial charge < -0.3 is 15.7 Å². The second-order valence-electron chi connectivity index (χ2n) is 4.80. The fourth-order valence-electron chi connectivity index (χ4n) is 1.80. The van der Waals surface area contributed by atoms with Gasteiger partial charge >= 0.3 is 6.03 Å². The lowest BCUT2D eigenvalue weighted by Gasteiger charge is -2.29. The third-order valence-corrected chi connectivity index (χ3v) is 4.38. The molecule has 0 aromatic heterocycles. The Hall–Kier alpha value is -0.970. The molecule has 0 atom stereocenters. The van der Waals surface area contributed by atoms with Gasteiger partial charge in [-0.1, -0.05) is 37.0 Å². The minimum atomic E-state index is -0.330. The minimum Gasteiger partial charge on any atom is -0.396 e. The van der Waals surface area contributed by atoms with Crippen LogP contribution in [0.5, 0.6) is 0 Å². The molecule has 0 spiro atoms. The molecule has 0 unspecified atom stereocenters. The number of benzene rings is 1. The summed E-state index contributed by atoms with van der Waals surface area (Å²) in [5.41, 5.74) is 0.300. The van der Waals surface area contributed by atoms with E-state index in [9.17, 15) is 9.90 Å². The number of amides is 2. The standard InChI is InChI=1S/C14H20Cl2N2O2/c1-3-14(4-2,9-19)8-17-13(20)18-10-5-6-11(15)12(16)7-10/h5-7,19H,3-4,8-9H2,1-2H3,(H2,17,18,20). The van der Waals surface area contributed by atoms with Gasteiger partial charge in [0, 0.05) is 17.6 Å². The highest BCUT2D eigenvalue weighted by Gasteiger charge is 2.25. The summed E-state index contributed by atoms with van der Waals surface area (Å²) in [6.45, 7) is 4.47. The van der Waals surface area contributed by atoms with Crippen molar-refractivity contribution in [3.63, 3.8) is 0 Å². The van der Waals surface area contributed by atoms with E-state index in [1.165, 1.54) is 0 Å². The summed E-state index contributed by atoms with van der Waals surface area (Å²) in [7, 11) is 0. The van der Waals surface area contributed by atoms with Crippen LogP contribution in [0.4, 0.5) is 10.5 Å². The molecule has 0 heterocycles. The van der Waals surface area contributed by atoms with Crippen molar-refractivity contribution >= 4 is 34.9 Å². The van der Waals surface area contributed by atoms with Gasteiger partial charge in [-0.3, -0.25) is 0 Å². The summed E-state index contributed by atoms with van der Waals surface area (Å²) in [5.74, 6) is 0. The smallest absolute Gasteiger partial charge is 0.319 e. The van der Waals surface area contributed by atoms with Gasteiger partial charge in [-0.25, -0.2) is 4.79 Å². The maximum absolute atomic E-state index is 11.8. The van der Waals surface area contributed by atoms with Crippen molar-refractivity contribution in [3.05, 3.63) is 28.2 Å². The van der Waals surface area contributed by atoms with Crippen molar-refractivity contribution in [2.24, 2.45) is 5.41 Å². The molecule has 1 aromatic rings. The predicted octanol–water partition coefficient (Wildman–Crippen LogP) is 3.91. The first kappa shape index (κ1) is 17.1. The average Bonchev–Trinajstić information content (AvgIpc) is 2.45. The SMILES string of the molecule is CCC(CC)(CO)CNC(=O)Nc1ccc(Cl)c(Cl)c1. The Kier molecular flexibility index (Phi) is 6.59. The Morgan fingerprint density at radius 2 is 1.90 bits per heavy atom. The molecule has 2 amide bonds. The zero-order valence-corrected chi connectivity index (χ0v) is 13.2. The number of carbonyl (C=O) groups is 1. The topological polar surface area (TPSA) is 61.4 Å². The highest BCUT2D eigenvalue weighted by molar-refractivity contribution is 6.42. The van der Waals surface area contributed by atoms with E-state index < -0.39 is 0 Å². The Labute approximate surface area is 129 Å². The zero-order chi connectivity index (χ0) is 15.2. The zero-order valence-electron chi connectivity index (χ0n) is 11.7. The summed E-state index contributed by atoms with van der Waals surface area (Å²) in [4.78, 5) is 11.8. The van der Waals surface area contributed by atoms with Crippen molar-refractivity contribution in [3.8, 4) is 0 Å². The summed E-state index contributed by atoms with van der Waals surface area (Å²) < 4.78 is 0. The van der Waals surface area contributed by atoms with E-state index in [0.717, 1.165) is 12.8 Å². The van der Waals surface area contributed by atoms with Crippen LogP contribution in [0.2, 0.25) is 10.0 Å². The first-order valence-corrected chi connectivity index (χ1v) is 7.32. The fraction of sp³-hybridized carbons (Fsp3) is 0.500. The maximum Gasteiger partial charge on any atom is 0.319 e. The second-order valence-corrected chi connectivity index (χ2v) is 5.62. The molecule has 0 fully saturated rings. The summed E-state index contributed by atoms with van der Waals surface area (Å²) in [6.07, 6.45) is 1.60. The number of aliphatic hydroxyl groups is 1. The number of halogens is 2. The molecule has 112 valence electrons. The van der Waals surface area contributed by atoms with Crippen molar-refractivity contribution < 1.29 is 9.90 Å². The normalized spacial score (nSPS) is 11.2. The summed E-state index contributed by atoms with van der Waals surface area (Å²) in [6, 6.07) is 4.55. The Morgan fingerprint density at radius 3 is 2.40 bits per heavy atom. The molecule has 1 aromatic carbocycles. The molecule has 0 aliphatic carbocycles. The molecule has 6 heteroatoms. The van der Waals surface area contributed by atoms with Crippen molar-refractivity contribution in [1.82, 2.24) is 5.32 Å². The highest BCUT2D eigenvalue weighted by Crippen LogP contribution is 2.26. The van der Waals surface area contributed by atoms with E-state index in [1.807, 2.05) is 13.8 Å². The Bertz CT molecular complexity index is 454. The number of urea groups is 1. The quantitative estimate of drug-likeness (QED) is 0.744. The first-order valence-electron chi connectivity index (χ1n) is 6.57. The van der Waals surface area contributed by atoms with Crippen LogP contribution in [0.25, 0.3) is 0 Å². The van der Waals surface area contributed by atoms with Gasteiger partial charge in [0.2, 0.25) is 0 Å². The van der Waals surface area contributed by atoms with E-state index in [4.69, 9.17) is 23.2 Å². The van der Waals surface area contributed by atoms with Crippen LogP contribution in [0, 0.1) is 5.41 Å². The molecule has 1 rings (SSSR count). The Morgan fingerprint density at radius 1 is 1.25 bits per heavy atom.